The number of hydrogen-bond donors (Lipinski definition) is 2. The number of carbonyl (C=O) groups is 1. The average Bonchev–Trinajstić information content (AvgIpc) is 2.69. The van der Waals surface area contributed by atoms with Crippen LogP contribution in [0.3, 0.4) is 0 Å². The van der Waals surface area contributed by atoms with Gasteiger partial charge in [-0.15, -0.1) is 0 Å². The van der Waals surface area contributed by atoms with Crippen LogP contribution in [0.15, 0.2) is 82.6 Å². The van der Waals surface area contributed by atoms with Gasteiger partial charge >= 0.3 is 0 Å². The molecule has 0 spiro atoms. The van der Waals surface area contributed by atoms with Gasteiger partial charge < -0.3 is 10.4 Å². The first-order valence-electron chi connectivity index (χ1n) is 8.09. The minimum Gasteiger partial charge on any atom is -0.392 e. The highest BCUT2D eigenvalue weighted by atomic mass is 32.2. The minimum atomic E-state index is -0.448. The molecule has 3 aromatic carbocycles. The molecular formula is C20H16N2O4S. The summed E-state index contributed by atoms with van der Waals surface area (Å²) in [6, 6.07) is 20.3. The molecule has 0 heterocycles. The normalized spacial score (nSPS) is 10.4. The first-order chi connectivity index (χ1) is 13.1. The summed E-state index contributed by atoms with van der Waals surface area (Å²) in [5.41, 5.74) is 1.83. The molecule has 6 nitrogen and oxygen atoms in total. The van der Waals surface area contributed by atoms with Crippen LogP contribution in [0.25, 0.3) is 0 Å². The van der Waals surface area contributed by atoms with Crippen LogP contribution in [0.1, 0.15) is 15.9 Å². The molecular weight excluding hydrogens is 364 g/mol. The number of nitrogens with zero attached hydrogens (tertiary/aromatic N) is 1. The van der Waals surface area contributed by atoms with Crippen molar-refractivity contribution in [2.24, 2.45) is 0 Å². The lowest BCUT2D eigenvalue weighted by Gasteiger charge is -2.10. The van der Waals surface area contributed by atoms with E-state index in [-0.39, 0.29) is 18.2 Å². The quantitative estimate of drug-likeness (QED) is 0.485. The molecule has 7 heteroatoms. The summed E-state index contributed by atoms with van der Waals surface area (Å²) in [6.07, 6.45) is 0. The average molecular weight is 380 g/mol. The number of non-ortho nitro benzene ring substituents is 1. The topological polar surface area (TPSA) is 92.5 Å². The maximum atomic E-state index is 12.7. The number of rotatable bonds is 6. The zero-order chi connectivity index (χ0) is 19.2. The smallest absolute Gasteiger partial charge is 0.269 e. The van der Waals surface area contributed by atoms with Gasteiger partial charge in [0.1, 0.15) is 0 Å². The van der Waals surface area contributed by atoms with E-state index in [1.54, 1.807) is 48.5 Å². The third-order valence-electron chi connectivity index (χ3n) is 3.77. The van der Waals surface area contributed by atoms with Gasteiger partial charge in [-0.25, -0.2) is 0 Å². The second-order valence-corrected chi connectivity index (χ2v) is 6.78. The summed E-state index contributed by atoms with van der Waals surface area (Å²) in [4.78, 5) is 24.5. The second kappa shape index (κ2) is 8.48. The third-order valence-corrected chi connectivity index (χ3v) is 4.86. The molecule has 0 fully saturated rings. The lowest BCUT2D eigenvalue weighted by Crippen LogP contribution is -2.13. The number of benzene rings is 3. The number of nitro groups is 1. The second-order valence-electron chi connectivity index (χ2n) is 5.66. The van der Waals surface area contributed by atoms with E-state index in [9.17, 15) is 20.0 Å². The maximum absolute atomic E-state index is 12.7. The molecule has 0 aliphatic rings. The van der Waals surface area contributed by atoms with Crippen LogP contribution in [0.5, 0.6) is 0 Å². The van der Waals surface area contributed by atoms with Crippen molar-refractivity contribution in [1.82, 2.24) is 0 Å². The van der Waals surface area contributed by atoms with Gasteiger partial charge in [-0.3, -0.25) is 14.9 Å². The van der Waals surface area contributed by atoms with Crippen LogP contribution < -0.4 is 5.32 Å². The van der Waals surface area contributed by atoms with Crippen molar-refractivity contribution in [1.29, 1.82) is 0 Å². The van der Waals surface area contributed by atoms with Crippen molar-refractivity contribution < 1.29 is 14.8 Å². The molecule has 0 aliphatic heterocycles. The summed E-state index contributed by atoms with van der Waals surface area (Å²) in [7, 11) is 0. The minimum absolute atomic E-state index is 0.0224. The number of anilines is 1. The molecule has 3 rings (SSSR count). The Morgan fingerprint density at radius 3 is 2.48 bits per heavy atom. The molecule has 3 aromatic rings. The molecule has 0 aromatic heterocycles. The Bertz CT molecular complexity index is 974. The standard InChI is InChI=1S/C20H16N2O4S/c23-13-14-4-3-5-15(12-14)21-20(24)18-6-1-2-7-19(18)27-17-10-8-16(9-11-17)22(25)26/h1-12,23H,13H2,(H,21,24). The molecule has 1 amide bonds. The monoisotopic (exact) mass is 380 g/mol. The number of aliphatic hydroxyl groups excluding tert-OH is 1. The van der Waals surface area contributed by atoms with Gasteiger partial charge in [-0.1, -0.05) is 36.0 Å². The predicted octanol–water partition coefficient (Wildman–Crippen LogP) is 4.49. The molecule has 0 atom stereocenters. The maximum Gasteiger partial charge on any atom is 0.269 e. The zero-order valence-corrected chi connectivity index (χ0v) is 15.0. The zero-order valence-electron chi connectivity index (χ0n) is 14.2. The molecule has 2 N–H and O–H groups in total. The Balaban J connectivity index is 1.80. The van der Waals surface area contributed by atoms with E-state index in [1.165, 1.54) is 23.9 Å². The molecule has 0 unspecified atom stereocenters. The van der Waals surface area contributed by atoms with Crippen LogP contribution in [0.2, 0.25) is 0 Å². The van der Waals surface area contributed by atoms with Gasteiger partial charge in [-0.2, -0.15) is 0 Å². The van der Waals surface area contributed by atoms with E-state index in [1.807, 2.05) is 12.1 Å². The molecule has 0 saturated heterocycles. The summed E-state index contributed by atoms with van der Waals surface area (Å²) < 4.78 is 0. The van der Waals surface area contributed by atoms with Crippen LogP contribution in [0.4, 0.5) is 11.4 Å². The van der Waals surface area contributed by atoms with Crippen molar-refractivity contribution in [2.75, 3.05) is 5.32 Å². The number of nitrogens with one attached hydrogen (secondary N) is 1. The number of amides is 1. The highest BCUT2D eigenvalue weighted by Crippen LogP contribution is 2.32. The Morgan fingerprint density at radius 1 is 1.04 bits per heavy atom. The molecule has 0 radical (unpaired) electrons. The van der Waals surface area contributed by atoms with Gasteiger partial charge in [0.05, 0.1) is 17.1 Å². The van der Waals surface area contributed by atoms with Crippen molar-refractivity contribution in [3.05, 3.63) is 94.0 Å². The molecule has 0 bridgehead atoms. The summed E-state index contributed by atoms with van der Waals surface area (Å²) in [6.45, 7) is -0.101. The SMILES string of the molecule is O=C(Nc1cccc(CO)c1)c1ccccc1Sc1ccc([N+](=O)[O-])cc1. The largest absolute Gasteiger partial charge is 0.392 e. The van der Waals surface area contributed by atoms with E-state index >= 15 is 0 Å². The van der Waals surface area contributed by atoms with Gasteiger partial charge in [0, 0.05) is 27.6 Å². The first-order valence-corrected chi connectivity index (χ1v) is 8.91. The fourth-order valence-corrected chi connectivity index (χ4v) is 3.40. The van der Waals surface area contributed by atoms with Crippen LogP contribution in [-0.4, -0.2) is 15.9 Å². The highest BCUT2D eigenvalue weighted by Gasteiger charge is 2.13. The molecule has 0 saturated carbocycles. The van der Waals surface area contributed by atoms with E-state index in [0.717, 1.165) is 9.79 Å². The van der Waals surface area contributed by atoms with Gasteiger partial charge in [0.15, 0.2) is 0 Å². The van der Waals surface area contributed by atoms with E-state index in [2.05, 4.69) is 5.32 Å². The van der Waals surface area contributed by atoms with Crippen molar-refractivity contribution in [3.63, 3.8) is 0 Å². The van der Waals surface area contributed by atoms with Gasteiger partial charge in [0.2, 0.25) is 0 Å². The van der Waals surface area contributed by atoms with Gasteiger partial charge in [0.25, 0.3) is 11.6 Å². The number of nitro benzene ring substituents is 1. The van der Waals surface area contributed by atoms with E-state index < -0.39 is 4.92 Å². The number of carbonyl (C=O) groups excluding carboxylic acids is 1. The predicted molar refractivity (Wildman–Crippen MR) is 104 cm³/mol. The van der Waals surface area contributed by atoms with Crippen LogP contribution in [-0.2, 0) is 6.61 Å². The summed E-state index contributed by atoms with van der Waals surface area (Å²) in [5.74, 6) is -0.268. The lowest BCUT2D eigenvalue weighted by molar-refractivity contribution is -0.384. The molecule has 136 valence electrons. The number of aliphatic hydroxyl groups is 1. The summed E-state index contributed by atoms with van der Waals surface area (Å²) in [5, 5.41) is 22.8. The lowest BCUT2D eigenvalue weighted by atomic mass is 10.2. The Kier molecular flexibility index (Phi) is 5.85. The Morgan fingerprint density at radius 2 is 1.78 bits per heavy atom. The highest BCUT2D eigenvalue weighted by molar-refractivity contribution is 7.99. The molecule has 0 aliphatic carbocycles. The van der Waals surface area contributed by atoms with E-state index in [0.29, 0.717) is 16.8 Å². The van der Waals surface area contributed by atoms with Crippen molar-refractivity contribution >= 4 is 29.0 Å². The van der Waals surface area contributed by atoms with Gasteiger partial charge in [-0.05, 0) is 42.0 Å². The molecule has 27 heavy (non-hydrogen) atoms. The van der Waals surface area contributed by atoms with Crippen molar-refractivity contribution in [2.45, 2.75) is 16.4 Å². The van der Waals surface area contributed by atoms with Crippen LogP contribution in [0, 0.1) is 10.1 Å². The number of hydrogen-bond acceptors (Lipinski definition) is 5. The van der Waals surface area contributed by atoms with E-state index in [4.69, 9.17) is 0 Å². The Labute approximate surface area is 160 Å². The van der Waals surface area contributed by atoms with Crippen LogP contribution >= 0.6 is 11.8 Å². The first kappa shape index (κ1) is 18.6. The third kappa shape index (κ3) is 4.72. The van der Waals surface area contributed by atoms with Crippen molar-refractivity contribution in [3.8, 4) is 0 Å². The fourth-order valence-electron chi connectivity index (χ4n) is 2.45. The fraction of sp³-hybridized carbons (Fsp3) is 0.0500. The Hall–Kier alpha value is -3.16. The summed E-state index contributed by atoms with van der Waals surface area (Å²) >= 11 is 1.36.